The van der Waals surface area contributed by atoms with Gasteiger partial charge in [-0.2, -0.15) is 5.10 Å². The van der Waals surface area contributed by atoms with Crippen molar-refractivity contribution in [2.45, 2.75) is 6.54 Å². The fraction of sp³-hybridized carbons (Fsp3) is 0.263. The zero-order chi connectivity index (χ0) is 17.9. The zero-order valence-corrected chi connectivity index (χ0v) is 14.3. The lowest BCUT2D eigenvalue weighted by Gasteiger charge is -2.34. The van der Waals surface area contributed by atoms with Crippen LogP contribution in [0.1, 0.15) is 5.69 Å². The number of halogens is 1. The van der Waals surface area contributed by atoms with Crippen molar-refractivity contribution in [1.29, 1.82) is 0 Å². The van der Waals surface area contributed by atoms with Crippen molar-refractivity contribution >= 4 is 17.2 Å². The number of nitrogens with one attached hydrogen (secondary N) is 1. The number of hydrogen-bond donors (Lipinski definition) is 1. The molecule has 1 fully saturated rings. The molecule has 3 aromatic rings. The summed E-state index contributed by atoms with van der Waals surface area (Å²) in [7, 11) is 0. The third kappa shape index (κ3) is 3.67. The predicted molar refractivity (Wildman–Crippen MR) is 97.5 cm³/mol. The maximum Gasteiger partial charge on any atom is 0.321 e. The van der Waals surface area contributed by atoms with Crippen LogP contribution in [0.4, 0.5) is 14.9 Å². The Balaban J connectivity index is 1.30. The fourth-order valence-electron chi connectivity index (χ4n) is 3.14. The van der Waals surface area contributed by atoms with Crippen molar-refractivity contribution in [3.8, 4) is 0 Å². The minimum Gasteiger partial charge on any atom is -0.322 e. The Labute approximate surface area is 150 Å². The molecular formula is C19H20FN5O. The third-order valence-corrected chi connectivity index (χ3v) is 4.56. The largest absolute Gasteiger partial charge is 0.322 e. The van der Waals surface area contributed by atoms with Crippen LogP contribution in [0.3, 0.4) is 0 Å². The number of benzene rings is 1. The molecule has 1 aliphatic rings. The first-order valence-corrected chi connectivity index (χ1v) is 8.64. The van der Waals surface area contributed by atoms with Gasteiger partial charge in [0.25, 0.3) is 0 Å². The summed E-state index contributed by atoms with van der Waals surface area (Å²) in [6, 6.07) is 13.7. The maximum absolute atomic E-state index is 12.9. The molecular weight excluding hydrogens is 333 g/mol. The van der Waals surface area contributed by atoms with E-state index in [0.717, 1.165) is 30.8 Å². The summed E-state index contributed by atoms with van der Waals surface area (Å²) in [6.07, 6.45) is 1.94. The summed E-state index contributed by atoms with van der Waals surface area (Å²) >= 11 is 0. The van der Waals surface area contributed by atoms with Gasteiger partial charge in [-0.05, 0) is 42.5 Å². The fourth-order valence-corrected chi connectivity index (χ4v) is 3.14. The van der Waals surface area contributed by atoms with Crippen LogP contribution in [0.5, 0.6) is 0 Å². The number of urea groups is 1. The van der Waals surface area contributed by atoms with Gasteiger partial charge in [0.2, 0.25) is 0 Å². The van der Waals surface area contributed by atoms with Crippen molar-refractivity contribution < 1.29 is 9.18 Å². The normalized spacial score (nSPS) is 15.3. The highest BCUT2D eigenvalue weighted by Gasteiger charge is 2.21. The van der Waals surface area contributed by atoms with Gasteiger partial charge in [0, 0.05) is 44.6 Å². The number of carbonyl (C=O) groups is 1. The van der Waals surface area contributed by atoms with Crippen molar-refractivity contribution in [3.63, 3.8) is 0 Å². The molecule has 2 aromatic heterocycles. The number of pyridine rings is 1. The second kappa shape index (κ2) is 7.13. The quantitative estimate of drug-likeness (QED) is 0.788. The average Bonchev–Trinajstić information content (AvgIpc) is 3.06. The van der Waals surface area contributed by atoms with Crippen LogP contribution in [-0.4, -0.2) is 51.6 Å². The maximum atomic E-state index is 12.9. The van der Waals surface area contributed by atoms with Gasteiger partial charge in [0.15, 0.2) is 0 Å². The van der Waals surface area contributed by atoms with Crippen molar-refractivity contribution in [3.05, 3.63) is 66.2 Å². The number of amides is 2. The molecule has 1 N–H and O–H groups in total. The van der Waals surface area contributed by atoms with E-state index in [4.69, 9.17) is 0 Å². The molecule has 1 aromatic carbocycles. The van der Waals surface area contributed by atoms with E-state index in [1.807, 2.05) is 28.9 Å². The molecule has 0 bridgehead atoms. The summed E-state index contributed by atoms with van der Waals surface area (Å²) < 4.78 is 14.8. The Morgan fingerprint density at radius 1 is 1.08 bits per heavy atom. The molecule has 134 valence electrons. The zero-order valence-electron chi connectivity index (χ0n) is 14.3. The Morgan fingerprint density at radius 3 is 2.58 bits per heavy atom. The number of carbonyl (C=O) groups excluding carboxylic acids is 1. The Hall–Kier alpha value is -2.93. The lowest BCUT2D eigenvalue weighted by Crippen LogP contribution is -2.49. The van der Waals surface area contributed by atoms with E-state index in [1.165, 1.54) is 12.1 Å². The van der Waals surface area contributed by atoms with Gasteiger partial charge in [-0.3, -0.25) is 4.90 Å². The molecule has 0 spiro atoms. The molecule has 6 nitrogen and oxygen atoms in total. The molecule has 26 heavy (non-hydrogen) atoms. The molecule has 1 saturated heterocycles. The van der Waals surface area contributed by atoms with Gasteiger partial charge >= 0.3 is 6.03 Å². The van der Waals surface area contributed by atoms with E-state index >= 15 is 0 Å². The van der Waals surface area contributed by atoms with E-state index < -0.39 is 0 Å². The minimum atomic E-state index is -0.316. The molecule has 0 unspecified atom stereocenters. The summed E-state index contributed by atoms with van der Waals surface area (Å²) in [6.45, 7) is 3.67. The molecule has 4 rings (SSSR count). The minimum absolute atomic E-state index is 0.149. The molecule has 0 atom stereocenters. The van der Waals surface area contributed by atoms with E-state index in [1.54, 1.807) is 17.0 Å². The number of rotatable bonds is 3. The summed E-state index contributed by atoms with van der Waals surface area (Å²) in [5.74, 6) is -0.316. The predicted octanol–water partition coefficient (Wildman–Crippen LogP) is 2.82. The number of fused-ring (bicyclic) bond motifs is 1. The number of hydrogen-bond acceptors (Lipinski definition) is 3. The van der Waals surface area contributed by atoms with Gasteiger partial charge in [0.05, 0.1) is 11.2 Å². The van der Waals surface area contributed by atoms with Crippen LogP contribution in [0.25, 0.3) is 5.52 Å². The van der Waals surface area contributed by atoms with Crippen LogP contribution in [0, 0.1) is 5.82 Å². The molecule has 0 aliphatic carbocycles. The van der Waals surface area contributed by atoms with E-state index in [2.05, 4.69) is 21.4 Å². The Morgan fingerprint density at radius 2 is 1.85 bits per heavy atom. The number of nitrogens with zero attached hydrogens (tertiary/aromatic N) is 4. The molecule has 0 saturated carbocycles. The van der Waals surface area contributed by atoms with Crippen LogP contribution in [0.2, 0.25) is 0 Å². The van der Waals surface area contributed by atoms with Crippen LogP contribution < -0.4 is 5.32 Å². The van der Waals surface area contributed by atoms with Crippen LogP contribution in [-0.2, 0) is 6.54 Å². The molecule has 1 aliphatic heterocycles. The first-order valence-electron chi connectivity index (χ1n) is 8.64. The SMILES string of the molecule is O=C(Nc1ccc(F)cc1)N1CCN(Cc2cc3ccccn3n2)CC1. The first kappa shape index (κ1) is 16.5. The highest BCUT2D eigenvalue weighted by Crippen LogP contribution is 2.13. The van der Waals surface area contributed by atoms with Gasteiger partial charge in [-0.1, -0.05) is 6.07 Å². The van der Waals surface area contributed by atoms with Crippen molar-refractivity contribution in [2.24, 2.45) is 0 Å². The highest BCUT2D eigenvalue weighted by atomic mass is 19.1. The summed E-state index contributed by atoms with van der Waals surface area (Å²) in [4.78, 5) is 16.4. The smallest absolute Gasteiger partial charge is 0.321 e. The standard InChI is InChI=1S/C19H20FN5O/c20-15-4-6-16(7-5-15)21-19(26)24-11-9-23(10-12-24)14-17-13-18-3-1-2-8-25(18)22-17/h1-8,13H,9-12,14H2,(H,21,26). The van der Waals surface area contributed by atoms with E-state index in [9.17, 15) is 9.18 Å². The number of aromatic nitrogens is 2. The third-order valence-electron chi connectivity index (χ3n) is 4.56. The van der Waals surface area contributed by atoms with Gasteiger partial charge in [-0.25, -0.2) is 13.7 Å². The topological polar surface area (TPSA) is 52.9 Å². The molecule has 7 heteroatoms. The van der Waals surface area contributed by atoms with Crippen LogP contribution in [0.15, 0.2) is 54.7 Å². The van der Waals surface area contributed by atoms with Gasteiger partial charge < -0.3 is 10.2 Å². The van der Waals surface area contributed by atoms with Gasteiger partial charge in [-0.15, -0.1) is 0 Å². The highest BCUT2D eigenvalue weighted by molar-refractivity contribution is 5.89. The lowest BCUT2D eigenvalue weighted by molar-refractivity contribution is 0.142. The van der Waals surface area contributed by atoms with Gasteiger partial charge in [0.1, 0.15) is 5.82 Å². The second-order valence-electron chi connectivity index (χ2n) is 6.41. The van der Waals surface area contributed by atoms with Crippen molar-refractivity contribution in [2.75, 3.05) is 31.5 Å². The summed E-state index contributed by atoms with van der Waals surface area (Å²) in [5, 5.41) is 7.38. The van der Waals surface area contributed by atoms with Crippen LogP contribution >= 0.6 is 0 Å². The molecule has 3 heterocycles. The number of anilines is 1. The number of piperazine rings is 1. The van der Waals surface area contributed by atoms with Crippen molar-refractivity contribution in [1.82, 2.24) is 19.4 Å². The summed E-state index contributed by atoms with van der Waals surface area (Å²) in [5.41, 5.74) is 2.71. The molecule has 2 amide bonds. The average molecular weight is 353 g/mol. The molecule has 0 radical (unpaired) electrons. The Kier molecular flexibility index (Phi) is 4.53. The van der Waals surface area contributed by atoms with E-state index in [-0.39, 0.29) is 11.8 Å². The first-order chi connectivity index (χ1) is 12.7. The monoisotopic (exact) mass is 353 g/mol. The van der Waals surface area contributed by atoms with E-state index in [0.29, 0.717) is 18.8 Å². The Bertz CT molecular complexity index is 867. The second-order valence-corrected chi connectivity index (χ2v) is 6.41. The lowest BCUT2D eigenvalue weighted by atomic mass is 10.3.